The molecule has 4 aromatic rings. The number of aromatic nitrogens is 4. The van der Waals surface area contributed by atoms with Gasteiger partial charge in [0.25, 0.3) is 5.91 Å². The fourth-order valence-corrected chi connectivity index (χ4v) is 2.83. The van der Waals surface area contributed by atoms with Crippen molar-refractivity contribution in [2.75, 3.05) is 0 Å². The molecule has 0 aliphatic carbocycles. The van der Waals surface area contributed by atoms with Crippen molar-refractivity contribution in [3.05, 3.63) is 83.7 Å². The highest BCUT2D eigenvalue weighted by atomic mass is 35.5. The second-order valence-corrected chi connectivity index (χ2v) is 6.12. The van der Waals surface area contributed by atoms with Gasteiger partial charge in [-0.25, -0.2) is 4.68 Å². The van der Waals surface area contributed by atoms with Crippen LogP contribution in [0.15, 0.2) is 71.6 Å². The Balaban J connectivity index is 1.74. The van der Waals surface area contributed by atoms with E-state index < -0.39 is 0 Å². The second kappa shape index (κ2) is 7.43. The Morgan fingerprint density at radius 1 is 1.19 bits per heavy atom. The van der Waals surface area contributed by atoms with E-state index in [9.17, 15) is 4.79 Å². The van der Waals surface area contributed by atoms with Crippen LogP contribution in [0.4, 0.5) is 0 Å². The first-order chi connectivity index (χ1) is 13.2. The van der Waals surface area contributed by atoms with Crippen molar-refractivity contribution in [1.82, 2.24) is 25.3 Å². The van der Waals surface area contributed by atoms with E-state index in [0.717, 1.165) is 0 Å². The summed E-state index contributed by atoms with van der Waals surface area (Å²) < 4.78 is 6.82. The molecule has 0 saturated carbocycles. The molecule has 1 amide bonds. The van der Waals surface area contributed by atoms with Gasteiger partial charge >= 0.3 is 0 Å². The summed E-state index contributed by atoms with van der Waals surface area (Å²) in [7, 11) is 0. The summed E-state index contributed by atoms with van der Waals surface area (Å²) in [5.41, 5.74) is 2.13. The van der Waals surface area contributed by atoms with E-state index in [1.165, 1.54) is 0 Å². The molecule has 0 fully saturated rings. The van der Waals surface area contributed by atoms with Gasteiger partial charge in [-0.1, -0.05) is 22.9 Å². The molecule has 0 unspecified atom stereocenters. The topological polar surface area (TPSA) is 85.8 Å². The average Bonchev–Trinajstić information content (AvgIpc) is 3.36. The summed E-state index contributed by atoms with van der Waals surface area (Å²) in [6.45, 7) is 0.252. The normalized spacial score (nSPS) is 10.7. The number of hydrogen-bond acceptors (Lipinski definition) is 5. The van der Waals surface area contributed by atoms with Gasteiger partial charge in [0.05, 0.1) is 18.5 Å². The van der Waals surface area contributed by atoms with Crippen LogP contribution in [-0.2, 0) is 6.54 Å². The van der Waals surface area contributed by atoms with E-state index >= 15 is 0 Å². The molecule has 0 spiro atoms. The van der Waals surface area contributed by atoms with Crippen LogP contribution in [0.3, 0.4) is 0 Å². The van der Waals surface area contributed by atoms with Crippen molar-refractivity contribution in [2.45, 2.75) is 6.54 Å². The average molecular weight is 380 g/mol. The first kappa shape index (κ1) is 17.0. The summed E-state index contributed by atoms with van der Waals surface area (Å²) in [5.74, 6) is 0.284. The molecule has 1 N–H and O–H groups in total. The van der Waals surface area contributed by atoms with E-state index in [2.05, 4.69) is 20.6 Å². The van der Waals surface area contributed by atoms with Crippen molar-refractivity contribution in [3.8, 4) is 16.9 Å². The minimum absolute atomic E-state index is 0.189. The Bertz CT molecular complexity index is 1060. The van der Waals surface area contributed by atoms with Crippen LogP contribution in [0, 0.1) is 0 Å². The molecule has 0 aliphatic heterocycles. The molecule has 3 aromatic heterocycles. The fourth-order valence-electron chi connectivity index (χ4n) is 2.65. The summed E-state index contributed by atoms with van der Waals surface area (Å²) >= 11 is 6.11. The van der Waals surface area contributed by atoms with Crippen molar-refractivity contribution >= 4 is 17.5 Å². The van der Waals surface area contributed by atoms with Gasteiger partial charge in [-0.3, -0.25) is 9.78 Å². The molecule has 7 nitrogen and oxygen atoms in total. The van der Waals surface area contributed by atoms with Crippen LogP contribution in [0.1, 0.15) is 16.2 Å². The highest BCUT2D eigenvalue weighted by Gasteiger charge is 2.22. The van der Waals surface area contributed by atoms with Crippen LogP contribution >= 0.6 is 11.6 Å². The van der Waals surface area contributed by atoms with Gasteiger partial charge in [0.1, 0.15) is 11.5 Å². The number of nitrogens with one attached hydrogen (secondary N) is 1. The molecule has 8 heteroatoms. The van der Waals surface area contributed by atoms with E-state index in [4.69, 9.17) is 16.0 Å². The third-order valence-corrected chi connectivity index (χ3v) is 4.11. The van der Waals surface area contributed by atoms with Crippen LogP contribution < -0.4 is 5.32 Å². The van der Waals surface area contributed by atoms with Gasteiger partial charge in [0.15, 0.2) is 5.69 Å². The molecule has 27 heavy (non-hydrogen) atoms. The second-order valence-electron chi connectivity index (χ2n) is 5.68. The highest BCUT2D eigenvalue weighted by molar-refractivity contribution is 6.30. The van der Waals surface area contributed by atoms with Crippen molar-refractivity contribution in [1.29, 1.82) is 0 Å². The minimum Gasteiger partial charge on any atom is -0.467 e. The number of amides is 1. The molecule has 0 aliphatic rings. The maximum Gasteiger partial charge on any atom is 0.274 e. The largest absolute Gasteiger partial charge is 0.467 e. The molecule has 134 valence electrons. The lowest BCUT2D eigenvalue weighted by atomic mass is 10.1. The summed E-state index contributed by atoms with van der Waals surface area (Å²) in [5, 5.41) is 11.6. The lowest BCUT2D eigenvalue weighted by Gasteiger charge is -2.08. The van der Waals surface area contributed by atoms with E-state index in [0.29, 0.717) is 27.7 Å². The molecule has 4 rings (SSSR count). The predicted molar refractivity (Wildman–Crippen MR) is 99.5 cm³/mol. The number of benzene rings is 1. The van der Waals surface area contributed by atoms with Gasteiger partial charge in [-0.2, -0.15) is 0 Å². The number of pyridine rings is 1. The van der Waals surface area contributed by atoms with E-state index in [1.54, 1.807) is 53.7 Å². The van der Waals surface area contributed by atoms with Crippen molar-refractivity contribution in [3.63, 3.8) is 0 Å². The number of hydrogen-bond donors (Lipinski definition) is 1. The summed E-state index contributed by atoms with van der Waals surface area (Å²) in [6, 6.07) is 14.3. The molecule has 3 heterocycles. The lowest BCUT2D eigenvalue weighted by Crippen LogP contribution is -2.23. The van der Waals surface area contributed by atoms with Gasteiger partial charge in [-0.05, 0) is 42.5 Å². The molecular formula is C19H14ClN5O2. The standard InChI is InChI=1S/C19H14ClN5O2/c20-14-5-1-6-15(10-14)25-18(13-4-2-8-21-11-13)17(23-24-25)19(26)22-12-16-7-3-9-27-16/h1-11H,12H2,(H,22,26). The van der Waals surface area contributed by atoms with Crippen LogP contribution in [0.5, 0.6) is 0 Å². The molecule has 0 bridgehead atoms. The van der Waals surface area contributed by atoms with Crippen molar-refractivity contribution < 1.29 is 9.21 Å². The number of carbonyl (C=O) groups excluding carboxylic acids is 1. The first-order valence-corrected chi connectivity index (χ1v) is 8.53. The Labute approximate surface area is 159 Å². The quantitative estimate of drug-likeness (QED) is 0.573. The molecule has 0 radical (unpaired) electrons. The summed E-state index contributed by atoms with van der Waals surface area (Å²) in [4.78, 5) is 16.9. The van der Waals surface area contributed by atoms with Gasteiger partial charge in [0.2, 0.25) is 0 Å². The zero-order chi connectivity index (χ0) is 18.6. The molecule has 1 aromatic carbocycles. The SMILES string of the molecule is O=C(NCc1ccco1)c1nnn(-c2cccc(Cl)c2)c1-c1cccnc1. The highest BCUT2D eigenvalue weighted by Crippen LogP contribution is 2.25. The van der Waals surface area contributed by atoms with Crippen LogP contribution in [-0.4, -0.2) is 25.9 Å². The zero-order valence-corrected chi connectivity index (χ0v) is 14.8. The number of furan rings is 1. The van der Waals surface area contributed by atoms with Crippen LogP contribution in [0.25, 0.3) is 16.9 Å². The zero-order valence-electron chi connectivity index (χ0n) is 14.0. The number of carbonyl (C=O) groups is 1. The Morgan fingerprint density at radius 2 is 2.11 bits per heavy atom. The number of nitrogens with zero attached hydrogens (tertiary/aromatic N) is 4. The van der Waals surface area contributed by atoms with E-state index in [-0.39, 0.29) is 18.1 Å². The van der Waals surface area contributed by atoms with Gasteiger partial charge in [0, 0.05) is 23.0 Å². The predicted octanol–water partition coefficient (Wildman–Crippen LogP) is 3.51. The third-order valence-electron chi connectivity index (χ3n) is 3.88. The minimum atomic E-state index is -0.362. The van der Waals surface area contributed by atoms with Crippen LogP contribution in [0.2, 0.25) is 5.02 Å². The molecule has 0 saturated heterocycles. The Morgan fingerprint density at radius 3 is 2.85 bits per heavy atom. The monoisotopic (exact) mass is 379 g/mol. The maximum absolute atomic E-state index is 12.7. The van der Waals surface area contributed by atoms with Gasteiger partial charge < -0.3 is 9.73 Å². The third kappa shape index (κ3) is 3.58. The molecule has 0 atom stereocenters. The van der Waals surface area contributed by atoms with Gasteiger partial charge in [-0.15, -0.1) is 5.10 Å². The summed E-state index contributed by atoms with van der Waals surface area (Å²) in [6.07, 6.45) is 4.87. The van der Waals surface area contributed by atoms with E-state index in [1.807, 2.05) is 18.2 Å². The number of halogens is 1. The fraction of sp³-hybridized carbons (Fsp3) is 0.0526. The Kier molecular flexibility index (Phi) is 4.67. The first-order valence-electron chi connectivity index (χ1n) is 8.15. The Hall–Kier alpha value is -3.45. The number of rotatable bonds is 5. The van der Waals surface area contributed by atoms with Crippen molar-refractivity contribution in [2.24, 2.45) is 0 Å². The smallest absolute Gasteiger partial charge is 0.274 e. The maximum atomic E-state index is 12.7. The lowest BCUT2D eigenvalue weighted by molar-refractivity contribution is 0.0943. The molecular weight excluding hydrogens is 366 g/mol.